The Bertz CT molecular complexity index is 1850. The Morgan fingerprint density at radius 2 is 1.32 bits per heavy atom. The molecule has 0 radical (unpaired) electrons. The molecule has 0 aliphatic carbocycles. The van der Waals surface area contributed by atoms with E-state index in [-0.39, 0.29) is 5.56 Å². The molecule has 1 aromatic rings. The number of allylic oxidation sites excluding steroid dienone is 2. The van der Waals surface area contributed by atoms with Crippen molar-refractivity contribution in [3.05, 3.63) is 42.0 Å². The minimum absolute atomic E-state index is 0.170. The van der Waals surface area contributed by atoms with Gasteiger partial charge in [-0.15, -0.1) is 0 Å². The first kappa shape index (κ1) is 65.2. The van der Waals surface area contributed by atoms with Gasteiger partial charge in [0.1, 0.15) is 78.9 Å². The van der Waals surface area contributed by atoms with E-state index in [1.54, 1.807) is 12.1 Å². The van der Waals surface area contributed by atoms with Crippen molar-refractivity contribution in [2.24, 2.45) is 0 Å². The molecule has 3 rings (SSSR count). The molecule has 2 aliphatic rings. The predicted octanol–water partition coefficient (Wildman–Crippen LogP) is -3.31. The van der Waals surface area contributed by atoms with E-state index in [1.165, 1.54) is 45.2 Å². The van der Waals surface area contributed by atoms with E-state index >= 15 is 0 Å². The second-order valence-electron chi connectivity index (χ2n) is 18.3. The number of carbonyl (C=O) groups excluding carboxylic acids is 4. The van der Waals surface area contributed by atoms with Crippen molar-refractivity contribution >= 4 is 23.6 Å². The van der Waals surface area contributed by atoms with E-state index in [1.807, 2.05) is 0 Å². The molecule has 430 valence electrons. The summed E-state index contributed by atoms with van der Waals surface area (Å²) in [6, 6.07) is 2.12. The van der Waals surface area contributed by atoms with Crippen LogP contribution >= 0.6 is 0 Å². The standard InChI is InChI=1S/C49H82N4O22/c1-6-7-8-9-10-11-12-13-14-18-68-32-17-15-16-31(19-32)46(66)50-20-39(69-34(22-55)33(63)21-54)74-44-38(26-59)73-49(41(43(44)65)53-30(5)62)72-36(24-57)35(23-56)71-48(27(2)51-28(3)60)75-45-37(25-58)70-47(67)40(42(45)64)52-29(4)61/h11-12,15-17,19,27,33-45,47-49,54-59,63-65,67H,6-10,13-14,18,20-26H2,1-5H3,(H,50,66)(H,51,60)(H,52,61)(H,53,62)/b12-11-/t27?,33-,34?,35?,36-,37?,38?,39-,40?,41?,42?,43?,44+,45+,47+,48-,49+/m0/s1. The van der Waals surface area contributed by atoms with Crippen LogP contribution in [0.2, 0.25) is 0 Å². The first-order valence-electron chi connectivity index (χ1n) is 25.3. The van der Waals surface area contributed by atoms with Gasteiger partial charge in [-0.25, -0.2) is 0 Å². The third-order valence-electron chi connectivity index (χ3n) is 12.1. The summed E-state index contributed by atoms with van der Waals surface area (Å²) in [5.41, 5.74) is 0.170. The topological polar surface area (TPSA) is 393 Å². The van der Waals surface area contributed by atoms with Gasteiger partial charge in [0, 0.05) is 26.3 Å². The number of carbonyl (C=O) groups is 4. The van der Waals surface area contributed by atoms with Crippen LogP contribution in [-0.4, -0.2) is 232 Å². The van der Waals surface area contributed by atoms with Crippen LogP contribution in [-0.2, 0) is 47.5 Å². The SMILES string of the molecule is CCCCCC/C=C\CCCOc1cccc(C(=O)NC[C@@H](OC(CO)[C@@H](O)CO)O[C@@H]2C(CO)O[C@@H](O[C@@H](CO)C(CO)O[C@@H](O[C@@H]3C(CO)O[C@@H](O)C(NC(C)=O)C3O)C(C)NC(C)=O)C(NC(C)=O)C2O)c1. The Labute approximate surface area is 436 Å². The number of hydrogen-bond donors (Lipinski definition) is 14. The molecular weight excluding hydrogens is 997 g/mol. The van der Waals surface area contributed by atoms with Gasteiger partial charge in [0.15, 0.2) is 25.2 Å². The Hall–Kier alpha value is -4.04. The number of ether oxygens (including phenoxy) is 8. The van der Waals surface area contributed by atoms with Crippen LogP contribution in [0.3, 0.4) is 0 Å². The number of hydrogen-bond acceptors (Lipinski definition) is 22. The number of benzene rings is 1. The third kappa shape index (κ3) is 21.4. The van der Waals surface area contributed by atoms with Gasteiger partial charge in [-0.2, -0.15) is 0 Å². The molecule has 4 amide bonds. The van der Waals surface area contributed by atoms with Gasteiger partial charge in [-0.1, -0.05) is 44.4 Å². The maximum atomic E-state index is 13.5. The van der Waals surface area contributed by atoms with E-state index in [0.717, 1.165) is 39.5 Å². The molecule has 0 aromatic heterocycles. The lowest BCUT2D eigenvalue weighted by molar-refractivity contribution is -0.333. The van der Waals surface area contributed by atoms with Crippen molar-refractivity contribution in [1.82, 2.24) is 21.3 Å². The van der Waals surface area contributed by atoms with Gasteiger partial charge in [-0.05, 0) is 50.8 Å². The summed E-state index contributed by atoms with van der Waals surface area (Å²) in [7, 11) is 0. The van der Waals surface area contributed by atoms with E-state index in [4.69, 9.17) is 37.9 Å². The molecular formula is C49H82N4O22. The lowest BCUT2D eigenvalue weighted by Gasteiger charge is -2.46. The molecule has 26 heteroatoms. The zero-order valence-corrected chi connectivity index (χ0v) is 43.3. The quantitative estimate of drug-likeness (QED) is 0.0180. The highest BCUT2D eigenvalue weighted by molar-refractivity contribution is 5.94. The van der Waals surface area contributed by atoms with Crippen LogP contribution < -0.4 is 26.0 Å². The fourth-order valence-corrected chi connectivity index (χ4v) is 8.22. The highest BCUT2D eigenvalue weighted by Gasteiger charge is 2.51. The first-order valence-corrected chi connectivity index (χ1v) is 25.3. The Morgan fingerprint density at radius 3 is 1.92 bits per heavy atom. The molecule has 17 atom stereocenters. The maximum absolute atomic E-state index is 13.5. The zero-order chi connectivity index (χ0) is 55.6. The number of aliphatic hydroxyl groups is 10. The number of nitrogens with one attached hydrogen (secondary N) is 4. The summed E-state index contributed by atoms with van der Waals surface area (Å²) in [5, 5.41) is 116. The molecule has 2 fully saturated rings. The van der Waals surface area contributed by atoms with Gasteiger partial charge < -0.3 is 110 Å². The molecule has 26 nitrogen and oxygen atoms in total. The van der Waals surface area contributed by atoms with Crippen LogP contribution in [0, 0.1) is 0 Å². The van der Waals surface area contributed by atoms with Crippen LogP contribution in [0.1, 0.15) is 89.9 Å². The maximum Gasteiger partial charge on any atom is 0.251 e. The third-order valence-corrected chi connectivity index (χ3v) is 12.1. The minimum atomic E-state index is -1.89. The minimum Gasteiger partial charge on any atom is -0.494 e. The van der Waals surface area contributed by atoms with Crippen LogP contribution in [0.5, 0.6) is 5.75 Å². The number of rotatable bonds is 35. The van der Waals surface area contributed by atoms with Gasteiger partial charge >= 0.3 is 0 Å². The second kappa shape index (κ2) is 34.7. The fraction of sp³-hybridized carbons (Fsp3) is 0.755. The highest BCUT2D eigenvalue weighted by atomic mass is 16.7. The molecule has 0 saturated carbocycles. The summed E-state index contributed by atoms with van der Waals surface area (Å²) in [4.78, 5) is 50.3. The Kier molecular flexibility index (Phi) is 30.2. The van der Waals surface area contributed by atoms with Crippen molar-refractivity contribution in [3.8, 4) is 5.75 Å². The van der Waals surface area contributed by atoms with Gasteiger partial charge in [0.2, 0.25) is 17.7 Å². The van der Waals surface area contributed by atoms with Crippen molar-refractivity contribution in [2.45, 2.75) is 184 Å². The van der Waals surface area contributed by atoms with Gasteiger partial charge in [0.05, 0.1) is 58.8 Å². The number of aliphatic hydroxyl groups excluding tert-OH is 10. The van der Waals surface area contributed by atoms with Crippen molar-refractivity contribution in [2.75, 3.05) is 52.8 Å². The molecule has 2 heterocycles. The predicted molar refractivity (Wildman–Crippen MR) is 262 cm³/mol. The van der Waals surface area contributed by atoms with Crippen LogP contribution in [0.25, 0.3) is 0 Å². The molecule has 2 aliphatic heterocycles. The lowest BCUT2D eigenvalue weighted by atomic mass is 9.96. The highest BCUT2D eigenvalue weighted by Crippen LogP contribution is 2.30. The number of unbranched alkanes of at least 4 members (excludes halogenated alkanes) is 5. The van der Waals surface area contributed by atoms with Crippen LogP contribution in [0.4, 0.5) is 0 Å². The van der Waals surface area contributed by atoms with Crippen LogP contribution in [0.15, 0.2) is 36.4 Å². The van der Waals surface area contributed by atoms with Crippen molar-refractivity contribution in [1.29, 1.82) is 0 Å². The molecule has 75 heavy (non-hydrogen) atoms. The first-order chi connectivity index (χ1) is 35.9. The molecule has 0 bridgehead atoms. The zero-order valence-electron chi connectivity index (χ0n) is 43.3. The average Bonchev–Trinajstić information content (AvgIpc) is 3.38. The summed E-state index contributed by atoms with van der Waals surface area (Å²) in [6.07, 6.45) is -11.6. The molecule has 0 spiro atoms. The monoisotopic (exact) mass is 1080 g/mol. The fourth-order valence-electron chi connectivity index (χ4n) is 8.22. The molecule has 1 aromatic carbocycles. The van der Waals surface area contributed by atoms with E-state index in [9.17, 15) is 70.2 Å². The van der Waals surface area contributed by atoms with E-state index in [0.29, 0.717) is 12.4 Å². The summed E-state index contributed by atoms with van der Waals surface area (Å²) in [6.45, 7) is 1.41. The molecule has 9 unspecified atom stereocenters. The van der Waals surface area contributed by atoms with Gasteiger partial charge in [-0.3, -0.25) is 19.2 Å². The van der Waals surface area contributed by atoms with Crippen molar-refractivity contribution < 1.29 is 108 Å². The normalized spacial score (nSPS) is 26.8. The summed E-state index contributed by atoms with van der Waals surface area (Å²) in [5.74, 6) is -2.22. The van der Waals surface area contributed by atoms with Crippen molar-refractivity contribution in [3.63, 3.8) is 0 Å². The van der Waals surface area contributed by atoms with E-state index < -0.39 is 174 Å². The largest absolute Gasteiger partial charge is 0.494 e. The van der Waals surface area contributed by atoms with Gasteiger partial charge in [0.25, 0.3) is 5.91 Å². The average molecular weight is 1080 g/mol. The Morgan fingerprint density at radius 1 is 0.707 bits per heavy atom. The summed E-state index contributed by atoms with van der Waals surface area (Å²) < 4.78 is 47.3. The number of amides is 4. The lowest BCUT2D eigenvalue weighted by Crippen LogP contribution is -2.67. The molecule has 2 saturated heterocycles. The summed E-state index contributed by atoms with van der Waals surface area (Å²) >= 11 is 0. The smallest absolute Gasteiger partial charge is 0.251 e. The second-order valence-corrected chi connectivity index (χ2v) is 18.3. The molecule has 14 N–H and O–H groups in total. The Balaban J connectivity index is 1.84. The van der Waals surface area contributed by atoms with E-state index in [2.05, 4.69) is 40.3 Å².